The Kier molecular flexibility index (Phi) is 4.89. The first-order valence-corrected chi connectivity index (χ1v) is 6.46. The normalized spacial score (nSPS) is 16.1. The van der Waals surface area contributed by atoms with Gasteiger partial charge in [-0.25, -0.2) is 8.78 Å². The molecule has 1 aromatic rings. The molecule has 2 heterocycles. The number of carboxylic acid groups (broad SMARTS) is 1. The van der Waals surface area contributed by atoms with Gasteiger partial charge in [-0.15, -0.1) is 0 Å². The van der Waals surface area contributed by atoms with Crippen LogP contribution in [0.3, 0.4) is 0 Å². The van der Waals surface area contributed by atoms with Crippen molar-refractivity contribution in [2.75, 3.05) is 19.8 Å². The van der Waals surface area contributed by atoms with Crippen LogP contribution in [-0.2, 0) is 9.53 Å². The zero-order chi connectivity index (χ0) is 15.4. The number of furan rings is 1. The lowest BCUT2D eigenvalue weighted by Gasteiger charge is -2.32. The third kappa shape index (κ3) is 3.78. The van der Waals surface area contributed by atoms with Crippen LogP contribution in [0.4, 0.5) is 8.78 Å². The van der Waals surface area contributed by atoms with Gasteiger partial charge in [0, 0.05) is 19.3 Å². The molecule has 1 N–H and O–H groups in total. The summed E-state index contributed by atoms with van der Waals surface area (Å²) in [5.41, 5.74) is -0.0713. The number of rotatable bonds is 5. The van der Waals surface area contributed by atoms with E-state index in [2.05, 4.69) is 4.42 Å². The number of ether oxygens (including phenoxy) is 1. The van der Waals surface area contributed by atoms with Crippen molar-refractivity contribution < 1.29 is 32.6 Å². The van der Waals surface area contributed by atoms with Gasteiger partial charge in [0.2, 0.25) is 0 Å². The fourth-order valence-corrected chi connectivity index (χ4v) is 2.25. The highest BCUT2D eigenvalue weighted by Crippen LogP contribution is 2.23. The molecule has 0 atom stereocenters. The van der Waals surface area contributed by atoms with Crippen LogP contribution in [0, 0.1) is 0 Å². The first-order valence-electron chi connectivity index (χ1n) is 6.46. The second-order valence-electron chi connectivity index (χ2n) is 4.71. The second-order valence-corrected chi connectivity index (χ2v) is 4.71. The molecule has 1 aliphatic heterocycles. The molecule has 0 aromatic carbocycles. The average Bonchev–Trinajstić information content (AvgIpc) is 2.95. The van der Waals surface area contributed by atoms with Crippen molar-refractivity contribution in [1.82, 2.24) is 4.90 Å². The van der Waals surface area contributed by atoms with E-state index in [-0.39, 0.29) is 11.6 Å². The van der Waals surface area contributed by atoms with Crippen molar-refractivity contribution in [3.05, 3.63) is 23.7 Å². The lowest BCUT2D eigenvalue weighted by atomic mass is 10.1. The Morgan fingerprint density at radius 1 is 1.38 bits per heavy atom. The van der Waals surface area contributed by atoms with Crippen LogP contribution < -0.4 is 0 Å². The van der Waals surface area contributed by atoms with E-state index >= 15 is 0 Å². The van der Waals surface area contributed by atoms with Crippen LogP contribution >= 0.6 is 0 Å². The molecule has 0 radical (unpaired) electrons. The molecule has 0 saturated carbocycles. The smallest absolute Gasteiger partial charge is 0.323 e. The molecule has 0 aliphatic carbocycles. The number of nitrogens with zero attached hydrogens (tertiary/aromatic N) is 1. The molecule has 21 heavy (non-hydrogen) atoms. The van der Waals surface area contributed by atoms with Gasteiger partial charge in [0.05, 0.1) is 5.56 Å². The van der Waals surface area contributed by atoms with Crippen molar-refractivity contribution in [3.63, 3.8) is 0 Å². The first-order chi connectivity index (χ1) is 9.99. The Morgan fingerprint density at radius 3 is 2.57 bits per heavy atom. The van der Waals surface area contributed by atoms with Gasteiger partial charge in [-0.3, -0.25) is 9.59 Å². The van der Waals surface area contributed by atoms with E-state index in [0.29, 0.717) is 26.1 Å². The Hall–Kier alpha value is -1.96. The van der Waals surface area contributed by atoms with Gasteiger partial charge in [-0.1, -0.05) is 0 Å². The van der Waals surface area contributed by atoms with Crippen LogP contribution in [0.15, 0.2) is 16.7 Å². The summed E-state index contributed by atoms with van der Waals surface area (Å²) in [5, 5.41) is 8.94. The number of halogens is 2. The second kappa shape index (κ2) is 6.66. The number of amides is 1. The summed E-state index contributed by atoms with van der Waals surface area (Å²) in [6.07, 6.45) is -0.864. The van der Waals surface area contributed by atoms with E-state index in [9.17, 15) is 18.4 Å². The molecule has 0 spiro atoms. The molecule has 0 bridgehead atoms. The third-order valence-electron chi connectivity index (χ3n) is 3.28. The van der Waals surface area contributed by atoms with E-state index in [4.69, 9.17) is 9.84 Å². The number of carbonyl (C=O) groups is 2. The molecule has 1 aliphatic rings. The first kappa shape index (κ1) is 15.4. The van der Waals surface area contributed by atoms with E-state index in [1.165, 1.54) is 4.90 Å². The summed E-state index contributed by atoms with van der Waals surface area (Å²) < 4.78 is 34.8. The van der Waals surface area contributed by atoms with Crippen LogP contribution in [0.1, 0.15) is 35.4 Å². The Bertz CT molecular complexity index is 510. The van der Waals surface area contributed by atoms with Gasteiger partial charge in [0.1, 0.15) is 12.8 Å². The van der Waals surface area contributed by atoms with Gasteiger partial charge in [0.15, 0.2) is 5.76 Å². The molecule has 8 heteroatoms. The molecule has 0 unspecified atom stereocenters. The van der Waals surface area contributed by atoms with E-state index in [1.807, 2.05) is 0 Å². The van der Waals surface area contributed by atoms with Gasteiger partial charge in [-0.2, -0.15) is 0 Å². The van der Waals surface area contributed by atoms with Gasteiger partial charge < -0.3 is 19.2 Å². The van der Waals surface area contributed by atoms with Gasteiger partial charge in [-0.05, 0) is 18.9 Å². The quantitative estimate of drug-likeness (QED) is 0.899. The topological polar surface area (TPSA) is 80.0 Å². The maximum absolute atomic E-state index is 12.5. The minimum atomic E-state index is -2.82. The number of alkyl halides is 2. The van der Waals surface area contributed by atoms with Crippen molar-refractivity contribution >= 4 is 11.9 Å². The largest absolute Gasteiger partial charge is 0.480 e. The average molecular weight is 303 g/mol. The van der Waals surface area contributed by atoms with Gasteiger partial charge >= 0.3 is 5.97 Å². The number of hydrogen-bond acceptors (Lipinski definition) is 4. The summed E-state index contributed by atoms with van der Waals surface area (Å²) in [6.45, 7) is 0.377. The minimum Gasteiger partial charge on any atom is -0.480 e. The van der Waals surface area contributed by atoms with Crippen molar-refractivity contribution in [2.45, 2.75) is 25.3 Å². The molecule has 1 fully saturated rings. The molecular weight excluding hydrogens is 288 g/mol. The molecule has 1 saturated heterocycles. The molecule has 6 nitrogen and oxygen atoms in total. The molecule has 116 valence electrons. The molecular formula is C13H15F2NO5. The Morgan fingerprint density at radius 2 is 2.05 bits per heavy atom. The summed E-state index contributed by atoms with van der Waals surface area (Å²) in [5.74, 6) is -2.40. The highest BCUT2D eigenvalue weighted by atomic mass is 19.3. The van der Waals surface area contributed by atoms with Crippen LogP contribution in [0.5, 0.6) is 0 Å². The lowest BCUT2D eigenvalue weighted by Crippen LogP contribution is -2.45. The summed E-state index contributed by atoms with van der Waals surface area (Å²) in [4.78, 5) is 24.4. The van der Waals surface area contributed by atoms with Crippen LogP contribution in [0.2, 0.25) is 0 Å². The maximum atomic E-state index is 12.5. The van der Waals surface area contributed by atoms with Crippen LogP contribution in [-0.4, -0.2) is 47.7 Å². The van der Waals surface area contributed by atoms with Crippen LogP contribution in [0.25, 0.3) is 0 Å². The Labute approximate surface area is 119 Å². The Balaban J connectivity index is 2.17. The standard InChI is InChI=1S/C13H15F2NO5/c14-12(15)10-5-8(7-21-10)13(19)16(6-11(17)18)9-1-3-20-4-2-9/h5,7,9,12H,1-4,6H2,(H,17,18). The van der Waals surface area contributed by atoms with Gasteiger partial charge in [0.25, 0.3) is 12.3 Å². The molecule has 1 aromatic heterocycles. The lowest BCUT2D eigenvalue weighted by molar-refractivity contribution is -0.138. The van der Waals surface area contributed by atoms with Crippen molar-refractivity contribution in [2.24, 2.45) is 0 Å². The zero-order valence-corrected chi connectivity index (χ0v) is 11.1. The predicted molar refractivity (Wildman–Crippen MR) is 66.2 cm³/mol. The van der Waals surface area contributed by atoms with E-state index in [1.54, 1.807) is 0 Å². The minimum absolute atomic E-state index is 0.0713. The monoisotopic (exact) mass is 303 g/mol. The van der Waals surface area contributed by atoms with Crippen molar-refractivity contribution in [3.8, 4) is 0 Å². The highest BCUT2D eigenvalue weighted by molar-refractivity contribution is 5.95. The number of aliphatic carboxylic acids is 1. The highest BCUT2D eigenvalue weighted by Gasteiger charge is 2.29. The summed E-state index contributed by atoms with van der Waals surface area (Å²) >= 11 is 0. The summed E-state index contributed by atoms with van der Waals surface area (Å²) in [7, 11) is 0. The maximum Gasteiger partial charge on any atom is 0.323 e. The molecule has 1 amide bonds. The van der Waals surface area contributed by atoms with E-state index in [0.717, 1.165) is 12.3 Å². The predicted octanol–water partition coefficient (Wildman–Crippen LogP) is 1.92. The molecule has 2 rings (SSSR count). The number of carboxylic acids is 1. The zero-order valence-electron chi connectivity index (χ0n) is 11.1. The van der Waals surface area contributed by atoms with E-state index < -0.39 is 30.6 Å². The fraction of sp³-hybridized carbons (Fsp3) is 0.538. The number of hydrogen-bond donors (Lipinski definition) is 1. The third-order valence-corrected chi connectivity index (χ3v) is 3.28. The fourth-order valence-electron chi connectivity index (χ4n) is 2.25. The van der Waals surface area contributed by atoms with Crippen molar-refractivity contribution in [1.29, 1.82) is 0 Å². The number of carbonyl (C=O) groups excluding carboxylic acids is 1. The SMILES string of the molecule is O=C(O)CN(C(=O)c1coc(C(F)F)c1)C1CCOCC1. The summed E-state index contributed by atoms with van der Waals surface area (Å²) in [6, 6.07) is 0.661.